The molecule has 1 aromatic carbocycles. The number of carbonyl (C=O) groups excluding carboxylic acids is 2. The second-order valence-electron chi connectivity index (χ2n) is 5.18. The van der Waals surface area contributed by atoms with E-state index in [1.807, 2.05) is 13.8 Å². The second-order valence-corrected chi connectivity index (χ2v) is 5.18. The Hall–Kier alpha value is -2.30. The first-order valence-electron chi connectivity index (χ1n) is 6.74. The number of fused-ring (bicyclic) bond motifs is 1. The maximum absolute atomic E-state index is 12.2. The molecular formula is C16H19NO4. The van der Waals surface area contributed by atoms with E-state index in [1.54, 1.807) is 12.1 Å². The molecule has 1 aromatic heterocycles. The smallest absolute Gasteiger partial charge is 0.340 e. The van der Waals surface area contributed by atoms with Gasteiger partial charge >= 0.3 is 5.97 Å². The molecule has 0 fully saturated rings. The molecule has 0 unspecified atom stereocenters. The number of methoxy groups -OCH3 is 2. The number of benzene rings is 1. The van der Waals surface area contributed by atoms with Crippen molar-refractivity contribution in [2.24, 2.45) is 0 Å². The van der Waals surface area contributed by atoms with Crippen LogP contribution in [0.5, 0.6) is 5.75 Å². The number of nitrogens with one attached hydrogen (secondary N) is 1. The van der Waals surface area contributed by atoms with E-state index in [0.29, 0.717) is 22.3 Å². The third kappa shape index (κ3) is 2.39. The first-order valence-corrected chi connectivity index (χ1v) is 6.74. The molecule has 5 heteroatoms. The van der Waals surface area contributed by atoms with Crippen LogP contribution in [0, 0.1) is 0 Å². The van der Waals surface area contributed by atoms with Crippen LogP contribution in [0.2, 0.25) is 0 Å². The number of aromatic amines is 1. The number of esters is 1. The lowest BCUT2D eigenvalue weighted by Crippen LogP contribution is -2.07. The molecule has 0 saturated heterocycles. The van der Waals surface area contributed by atoms with Crippen molar-refractivity contribution < 1.29 is 19.1 Å². The van der Waals surface area contributed by atoms with Crippen LogP contribution in [-0.4, -0.2) is 31.0 Å². The fraction of sp³-hybridized carbons (Fsp3) is 0.375. The third-order valence-electron chi connectivity index (χ3n) is 3.49. The second kappa shape index (κ2) is 5.60. The van der Waals surface area contributed by atoms with Crippen molar-refractivity contribution in [2.45, 2.75) is 26.7 Å². The Labute approximate surface area is 123 Å². The number of H-pyrrole nitrogens is 1. The maximum atomic E-state index is 12.2. The van der Waals surface area contributed by atoms with Crippen LogP contribution < -0.4 is 4.74 Å². The van der Waals surface area contributed by atoms with Gasteiger partial charge < -0.3 is 14.5 Å². The van der Waals surface area contributed by atoms with Crippen LogP contribution >= 0.6 is 0 Å². The monoisotopic (exact) mass is 289 g/mol. The minimum absolute atomic E-state index is 0.0947. The van der Waals surface area contributed by atoms with E-state index < -0.39 is 5.97 Å². The van der Waals surface area contributed by atoms with E-state index in [2.05, 4.69) is 4.98 Å². The van der Waals surface area contributed by atoms with Gasteiger partial charge in [-0.15, -0.1) is 0 Å². The van der Waals surface area contributed by atoms with Crippen LogP contribution in [0.15, 0.2) is 12.1 Å². The summed E-state index contributed by atoms with van der Waals surface area (Å²) in [5.74, 6) is -0.0654. The molecule has 0 aliphatic heterocycles. The molecule has 0 radical (unpaired) electrons. The zero-order valence-electron chi connectivity index (χ0n) is 12.9. The summed E-state index contributed by atoms with van der Waals surface area (Å²) in [5.41, 5.74) is 2.29. The quantitative estimate of drug-likeness (QED) is 0.692. The summed E-state index contributed by atoms with van der Waals surface area (Å²) in [5, 5.41) is 0.567. The van der Waals surface area contributed by atoms with Gasteiger partial charge in [-0.1, -0.05) is 13.8 Å². The van der Waals surface area contributed by atoms with Gasteiger partial charge in [0, 0.05) is 16.6 Å². The lowest BCUT2D eigenvalue weighted by Gasteiger charge is -2.09. The number of ether oxygens (including phenoxy) is 2. The molecule has 0 spiro atoms. The third-order valence-corrected chi connectivity index (χ3v) is 3.49. The van der Waals surface area contributed by atoms with Crippen molar-refractivity contribution in [2.75, 3.05) is 14.2 Å². The molecule has 5 nitrogen and oxygen atoms in total. The highest BCUT2D eigenvalue weighted by atomic mass is 16.5. The Balaban J connectivity index is 2.96. The van der Waals surface area contributed by atoms with Crippen molar-refractivity contribution >= 4 is 22.7 Å². The van der Waals surface area contributed by atoms with Gasteiger partial charge in [0.2, 0.25) is 0 Å². The van der Waals surface area contributed by atoms with Gasteiger partial charge in [0.1, 0.15) is 5.75 Å². The number of rotatable bonds is 4. The standard InChI is InChI=1S/C16H19NO4/c1-8(2)15-14(16(19)21-5)13-10(17-15)6-7-11(20-4)12(13)9(3)18/h6-8,17H,1-5H3. The molecule has 112 valence electrons. The Morgan fingerprint density at radius 3 is 2.29 bits per heavy atom. The average molecular weight is 289 g/mol. The van der Waals surface area contributed by atoms with Gasteiger partial charge in [0.25, 0.3) is 0 Å². The molecule has 1 N–H and O–H groups in total. The highest BCUT2D eigenvalue weighted by molar-refractivity contribution is 6.16. The summed E-state index contributed by atoms with van der Waals surface area (Å²) in [7, 11) is 2.83. The van der Waals surface area contributed by atoms with Gasteiger partial charge in [0.15, 0.2) is 5.78 Å². The van der Waals surface area contributed by atoms with Crippen molar-refractivity contribution in [1.82, 2.24) is 4.98 Å². The fourth-order valence-corrected chi connectivity index (χ4v) is 2.56. The van der Waals surface area contributed by atoms with Crippen LogP contribution in [0.1, 0.15) is 53.1 Å². The van der Waals surface area contributed by atoms with Gasteiger partial charge in [0.05, 0.1) is 25.3 Å². The normalized spacial score (nSPS) is 11.0. The molecule has 0 aliphatic carbocycles. The van der Waals surface area contributed by atoms with E-state index in [4.69, 9.17) is 9.47 Å². The number of aromatic nitrogens is 1. The minimum atomic E-state index is -0.458. The van der Waals surface area contributed by atoms with Gasteiger partial charge in [-0.05, 0) is 25.0 Å². The Bertz CT molecular complexity index is 713. The van der Waals surface area contributed by atoms with E-state index in [9.17, 15) is 9.59 Å². The number of hydrogen-bond donors (Lipinski definition) is 1. The molecule has 2 rings (SSSR count). The van der Waals surface area contributed by atoms with Crippen LogP contribution in [0.4, 0.5) is 0 Å². The molecule has 21 heavy (non-hydrogen) atoms. The van der Waals surface area contributed by atoms with Crippen molar-refractivity contribution in [3.8, 4) is 5.75 Å². The molecule has 0 aliphatic rings. The van der Waals surface area contributed by atoms with Crippen LogP contribution in [-0.2, 0) is 4.74 Å². The minimum Gasteiger partial charge on any atom is -0.496 e. The predicted octanol–water partition coefficient (Wildman–Crippen LogP) is 3.29. The molecule has 2 aromatic rings. The molecule has 1 heterocycles. The molecule has 0 saturated carbocycles. The van der Waals surface area contributed by atoms with E-state index >= 15 is 0 Å². The fourth-order valence-electron chi connectivity index (χ4n) is 2.56. The summed E-state index contributed by atoms with van der Waals surface area (Å²) in [4.78, 5) is 27.4. The topological polar surface area (TPSA) is 68.4 Å². The number of carbonyl (C=O) groups is 2. The van der Waals surface area contributed by atoms with E-state index in [1.165, 1.54) is 21.1 Å². The summed E-state index contributed by atoms with van der Waals surface area (Å²) < 4.78 is 10.2. The van der Waals surface area contributed by atoms with Gasteiger partial charge in [-0.2, -0.15) is 0 Å². The Morgan fingerprint density at radius 2 is 1.81 bits per heavy atom. The van der Waals surface area contributed by atoms with Crippen molar-refractivity contribution in [3.05, 3.63) is 29.0 Å². The van der Waals surface area contributed by atoms with E-state index in [-0.39, 0.29) is 11.7 Å². The predicted molar refractivity (Wildman–Crippen MR) is 80.3 cm³/mol. The zero-order valence-corrected chi connectivity index (χ0v) is 12.9. The SMILES string of the molecule is COC(=O)c1c(C(C)C)[nH]c2ccc(OC)c(C(C)=O)c12. The number of hydrogen-bond acceptors (Lipinski definition) is 4. The number of ketones is 1. The summed E-state index contributed by atoms with van der Waals surface area (Å²) in [6.07, 6.45) is 0. The average Bonchev–Trinajstić information content (AvgIpc) is 2.84. The summed E-state index contributed by atoms with van der Waals surface area (Å²) >= 11 is 0. The largest absolute Gasteiger partial charge is 0.496 e. The Morgan fingerprint density at radius 1 is 1.14 bits per heavy atom. The lowest BCUT2D eigenvalue weighted by molar-refractivity contribution is 0.0601. The number of Topliss-reactive ketones (excluding diaryl/α,β-unsaturated/α-hetero) is 1. The van der Waals surface area contributed by atoms with Crippen LogP contribution in [0.25, 0.3) is 10.9 Å². The highest BCUT2D eigenvalue weighted by Gasteiger charge is 2.26. The van der Waals surface area contributed by atoms with E-state index in [0.717, 1.165) is 11.2 Å². The molecular weight excluding hydrogens is 270 g/mol. The maximum Gasteiger partial charge on any atom is 0.340 e. The molecule has 0 atom stereocenters. The summed E-state index contributed by atoms with van der Waals surface area (Å²) in [6.45, 7) is 5.41. The van der Waals surface area contributed by atoms with Crippen molar-refractivity contribution in [1.29, 1.82) is 0 Å². The zero-order chi connectivity index (χ0) is 15.7. The first-order chi connectivity index (χ1) is 9.92. The molecule has 0 bridgehead atoms. The molecule has 0 amide bonds. The lowest BCUT2D eigenvalue weighted by atomic mass is 9.98. The first kappa shape index (κ1) is 15.1. The van der Waals surface area contributed by atoms with Crippen LogP contribution in [0.3, 0.4) is 0 Å². The Kier molecular flexibility index (Phi) is 4.02. The van der Waals surface area contributed by atoms with Gasteiger partial charge in [-0.3, -0.25) is 4.79 Å². The van der Waals surface area contributed by atoms with Crippen molar-refractivity contribution in [3.63, 3.8) is 0 Å². The summed E-state index contributed by atoms with van der Waals surface area (Å²) in [6, 6.07) is 3.53. The van der Waals surface area contributed by atoms with Gasteiger partial charge in [-0.25, -0.2) is 4.79 Å². The highest BCUT2D eigenvalue weighted by Crippen LogP contribution is 2.35.